The molecule has 0 fully saturated rings. The third-order valence-corrected chi connectivity index (χ3v) is 3.67. The minimum absolute atomic E-state index is 0.807. The number of nitrogens with zero attached hydrogens (tertiary/aromatic N) is 2. The molecule has 2 heteroatoms. The maximum Gasteiger partial charge on any atom is 0.140 e. The second-order valence-electron chi connectivity index (χ2n) is 4.97. The van der Waals surface area contributed by atoms with E-state index in [0.717, 1.165) is 28.8 Å². The summed E-state index contributed by atoms with van der Waals surface area (Å²) >= 11 is 0. The van der Waals surface area contributed by atoms with Crippen molar-refractivity contribution in [2.24, 2.45) is 0 Å². The van der Waals surface area contributed by atoms with Crippen LogP contribution in [0.15, 0.2) is 73.5 Å². The van der Waals surface area contributed by atoms with E-state index in [9.17, 15) is 0 Å². The lowest BCUT2D eigenvalue weighted by Crippen LogP contribution is -2.04. The summed E-state index contributed by atoms with van der Waals surface area (Å²) in [6.07, 6.45) is 5.83. The van der Waals surface area contributed by atoms with Crippen molar-refractivity contribution in [3.63, 3.8) is 0 Å². The number of hydrogen-bond acceptors (Lipinski definition) is 1. The van der Waals surface area contributed by atoms with Gasteiger partial charge in [0.25, 0.3) is 0 Å². The predicted octanol–water partition coefficient (Wildman–Crippen LogP) is 4.67. The smallest absolute Gasteiger partial charge is 0.140 e. The third kappa shape index (κ3) is 2.52. The highest BCUT2D eigenvalue weighted by molar-refractivity contribution is 5.85. The van der Waals surface area contributed by atoms with Crippen molar-refractivity contribution in [2.45, 2.75) is 13.5 Å². The molecular weight excluding hydrogens is 256 g/mol. The molecule has 3 rings (SSSR count). The van der Waals surface area contributed by atoms with Crippen LogP contribution in [0, 0.1) is 0 Å². The molecule has 0 N–H and O–H groups in total. The van der Waals surface area contributed by atoms with Gasteiger partial charge in [-0.3, -0.25) is 0 Å². The molecule has 3 aromatic rings. The molecule has 0 atom stereocenters. The van der Waals surface area contributed by atoms with Gasteiger partial charge in [0.2, 0.25) is 0 Å². The molecule has 0 aliphatic rings. The van der Waals surface area contributed by atoms with Gasteiger partial charge in [0, 0.05) is 18.1 Å². The van der Waals surface area contributed by atoms with Crippen molar-refractivity contribution >= 4 is 16.6 Å². The molecule has 0 spiro atoms. The van der Waals surface area contributed by atoms with E-state index < -0.39 is 0 Å². The van der Waals surface area contributed by atoms with Gasteiger partial charge in [-0.25, -0.2) is 4.98 Å². The fourth-order valence-corrected chi connectivity index (χ4v) is 2.62. The van der Waals surface area contributed by atoms with Gasteiger partial charge >= 0.3 is 0 Å². The molecule has 0 saturated heterocycles. The van der Waals surface area contributed by atoms with Gasteiger partial charge in [-0.2, -0.15) is 0 Å². The zero-order valence-corrected chi connectivity index (χ0v) is 12.2. The number of aromatic nitrogens is 2. The number of hydrogen-bond donors (Lipinski definition) is 0. The normalized spacial score (nSPS) is 11.8. The number of allylic oxidation sites excluding steroid dienone is 3. The van der Waals surface area contributed by atoms with E-state index in [2.05, 4.69) is 58.6 Å². The summed E-state index contributed by atoms with van der Waals surface area (Å²) in [4.78, 5) is 4.55. The van der Waals surface area contributed by atoms with E-state index in [4.69, 9.17) is 0 Å². The van der Waals surface area contributed by atoms with Crippen LogP contribution in [0.25, 0.3) is 16.6 Å². The van der Waals surface area contributed by atoms with Crippen molar-refractivity contribution in [2.75, 3.05) is 0 Å². The Labute approximate surface area is 125 Å². The first-order valence-corrected chi connectivity index (χ1v) is 7.11. The lowest BCUT2D eigenvalue weighted by atomic mass is 10.1. The Balaban J connectivity index is 2.18. The van der Waals surface area contributed by atoms with Crippen LogP contribution in [0.4, 0.5) is 0 Å². The van der Waals surface area contributed by atoms with Crippen molar-refractivity contribution in [3.8, 4) is 0 Å². The summed E-state index contributed by atoms with van der Waals surface area (Å²) in [5.74, 6) is 0. The quantitative estimate of drug-likeness (QED) is 0.632. The molecule has 0 amide bonds. The summed E-state index contributed by atoms with van der Waals surface area (Å²) < 4.78 is 2.25. The summed E-state index contributed by atoms with van der Waals surface area (Å²) in [7, 11) is 0. The van der Waals surface area contributed by atoms with Crippen LogP contribution in [0.3, 0.4) is 0 Å². The monoisotopic (exact) mass is 274 g/mol. The van der Waals surface area contributed by atoms with E-state index >= 15 is 0 Å². The minimum atomic E-state index is 0.807. The first-order chi connectivity index (χ1) is 10.3. The van der Waals surface area contributed by atoms with Crippen molar-refractivity contribution in [1.82, 2.24) is 9.55 Å². The zero-order chi connectivity index (χ0) is 14.7. The average Bonchev–Trinajstić information content (AvgIpc) is 2.89. The van der Waals surface area contributed by atoms with Gasteiger partial charge in [0.1, 0.15) is 5.65 Å². The molecule has 2 aromatic heterocycles. The number of rotatable bonds is 4. The first kappa shape index (κ1) is 13.4. The van der Waals surface area contributed by atoms with Crippen LogP contribution < -0.4 is 0 Å². The van der Waals surface area contributed by atoms with Gasteiger partial charge in [-0.05, 0) is 36.3 Å². The van der Waals surface area contributed by atoms with Crippen molar-refractivity contribution in [3.05, 3.63) is 84.7 Å². The Kier molecular flexibility index (Phi) is 3.69. The Bertz CT molecular complexity index is 795. The molecule has 2 nitrogen and oxygen atoms in total. The molecule has 104 valence electrons. The number of fused-ring (bicyclic) bond motifs is 1. The summed E-state index contributed by atoms with van der Waals surface area (Å²) in [6, 6.07) is 16.7. The lowest BCUT2D eigenvalue weighted by molar-refractivity contribution is 0.813. The highest BCUT2D eigenvalue weighted by Crippen LogP contribution is 2.25. The maximum atomic E-state index is 4.55. The first-order valence-electron chi connectivity index (χ1n) is 7.11. The predicted molar refractivity (Wildman–Crippen MR) is 89.1 cm³/mol. The maximum absolute atomic E-state index is 4.55. The van der Waals surface area contributed by atoms with Gasteiger partial charge < -0.3 is 4.57 Å². The minimum Gasteiger partial charge on any atom is -0.321 e. The Hall–Kier alpha value is -2.61. The molecule has 0 radical (unpaired) electrons. The molecule has 21 heavy (non-hydrogen) atoms. The van der Waals surface area contributed by atoms with Crippen LogP contribution in [0.2, 0.25) is 0 Å². The van der Waals surface area contributed by atoms with Gasteiger partial charge in [-0.1, -0.05) is 49.1 Å². The standard InChI is InChI=1S/C19H18N2/c1-3-16(4-2)18-13-17-11-8-12-20-19(17)21(18)14-15-9-6-5-7-10-15/h3-13H,1,14H2,2H3/b16-4+. The van der Waals surface area contributed by atoms with E-state index in [1.807, 2.05) is 31.3 Å². The van der Waals surface area contributed by atoms with Crippen LogP contribution in [-0.4, -0.2) is 9.55 Å². The second kappa shape index (κ2) is 5.80. The molecule has 0 aliphatic carbocycles. The summed E-state index contributed by atoms with van der Waals surface area (Å²) in [5, 5.41) is 1.16. The molecule has 1 aromatic carbocycles. The van der Waals surface area contributed by atoms with E-state index in [-0.39, 0.29) is 0 Å². The Morgan fingerprint density at radius 3 is 2.71 bits per heavy atom. The van der Waals surface area contributed by atoms with E-state index in [0.29, 0.717) is 0 Å². The highest BCUT2D eigenvalue weighted by atomic mass is 15.0. The Morgan fingerprint density at radius 1 is 1.19 bits per heavy atom. The molecule has 0 bridgehead atoms. The molecule has 2 heterocycles. The largest absolute Gasteiger partial charge is 0.321 e. The average molecular weight is 274 g/mol. The van der Waals surface area contributed by atoms with Gasteiger partial charge in [0.15, 0.2) is 0 Å². The van der Waals surface area contributed by atoms with Gasteiger partial charge in [-0.15, -0.1) is 0 Å². The molecule has 0 saturated carbocycles. The van der Waals surface area contributed by atoms with Crippen molar-refractivity contribution in [1.29, 1.82) is 0 Å². The van der Waals surface area contributed by atoms with Crippen LogP contribution in [-0.2, 0) is 6.54 Å². The van der Waals surface area contributed by atoms with Crippen LogP contribution in [0.1, 0.15) is 18.2 Å². The number of benzene rings is 1. The van der Waals surface area contributed by atoms with Crippen LogP contribution in [0.5, 0.6) is 0 Å². The van der Waals surface area contributed by atoms with Gasteiger partial charge in [0.05, 0.1) is 5.69 Å². The summed E-state index contributed by atoms with van der Waals surface area (Å²) in [6.45, 7) is 6.77. The van der Waals surface area contributed by atoms with E-state index in [1.54, 1.807) is 0 Å². The molecule has 0 aliphatic heterocycles. The fraction of sp³-hybridized carbons (Fsp3) is 0.105. The molecular formula is C19H18N2. The fourth-order valence-electron chi connectivity index (χ4n) is 2.62. The van der Waals surface area contributed by atoms with Crippen molar-refractivity contribution < 1.29 is 0 Å². The summed E-state index contributed by atoms with van der Waals surface area (Å²) in [5.41, 5.74) is 4.56. The third-order valence-electron chi connectivity index (χ3n) is 3.67. The number of pyridine rings is 1. The van der Waals surface area contributed by atoms with E-state index in [1.165, 1.54) is 5.56 Å². The second-order valence-corrected chi connectivity index (χ2v) is 4.97. The zero-order valence-electron chi connectivity index (χ0n) is 12.2. The Morgan fingerprint density at radius 2 is 2.00 bits per heavy atom. The van der Waals surface area contributed by atoms with Crippen LogP contribution >= 0.6 is 0 Å². The molecule has 0 unspecified atom stereocenters. The highest BCUT2D eigenvalue weighted by Gasteiger charge is 2.11. The SMILES string of the molecule is C=C/C(=C\C)c1cc2cccnc2n1Cc1ccccc1. The topological polar surface area (TPSA) is 17.8 Å². The lowest BCUT2D eigenvalue weighted by Gasteiger charge is -2.11.